The van der Waals surface area contributed by atoms with Crippen LogP contribution in [0.2, 0.25) is 5.02 Å². The molecule has 0 radical (unpaired) electrons. The minimum atomic E-state index is -0.0555. The SMILES string of the molecule is CCCCN1C(=S)N[C@H](c2ccccn2)[C@@H]1c1ccc(-c2cc(Cl)ccc2C)o1. The molecular weight excluding hydrogens is 402 g/mol. The first-order valence-corrected chi connectivity index (χ1v) is 10.7. The highest BCUT2D eigenvalue weighted by Gasteiger charge is 2.41. The van der Waals surface area contributed by atoms with Crippen LogP contribution >= 0.6 is 23.8 Å². The first-order chi connectivity index (χ1) is 14.1. The molecule has 0 aliphatic carbocycles. The van der Waals surface area contributed by atoms with E-state index in [0.717, 1.165) is 52.8 Å². The monoisotopic (exact) mass is 425 g/mol. The number of hydrogen-bond donors (Lipinski definition) is 1. The maximum atomic E-state index is 6.37. The van der Waals surface area contributed by atoms with Crippen LogP contribution in [0, 0.1) is 6.92 Å². The van der Waals surface area contributed by atoms with Gasteiger partial charge in [0.15, 0.2) is 5.11 Å². The topological polar surface area (TPSA) is 41.3 Å². The summed E-state index contributed by atoms with van der Waals surface area (Å²) in [6.07, 6.45) is 3.98. The number of unbranched alkanes of at least 4 members (excludes halogenated alkanes) is 1. The van der Waals surface area contributed by atoms with Gasteiger partial charge >= 0.3 is 0 Å². The van der Waals surface area contributed by atoms with Gasteiger partial charge in [0.25, 0.3) is 0 Å². The van der Waals surface area contributed by atoms with Crippen molar-refractivity contribution in [3.63, 3.8) is 0 Å². The van der Waals surface area contributed by atoms with Crippen molar-refractivity contribution >= 4 is 28.9 Å². The van der Waals surface area contributed by atoms with E-state index in [1.165, 1.54) is 0 Å². The quantitative estimate of drug-likeness (QED) is 0.485. The number of aryl methyl sites for hydroxylation is 1. The molecule has 0 spiro atoms. The van der Waals surface area contributed by atoms with Crippen molar-refractivity contribution in [3.05, 3.63) is 76.8 Å². The van der Waals surface area contributed by atoms with Crippen LogP contribution in [0.3, 0.4) is 0 Å². The van der Waals surface area contributed by atoms with Gasteiger partial charge < -0.3 is 14.6 Å². The first kappa shape index (κ1) is 19.9. The maximum Gasteiger partial charge on any atom is 0.170 e. The Hall–Kier alpha value is -2.37. The van der Waals surface area contributed by atoms with Crippen LogP contribution in [-0.2, 0) is 0 Å². The molecule has 4 nitrogen and oxygen atoms in total. The van der Waals surface area contributed by atoms with Gasteiger partial charge in [-0.05, 0) is 67.5 Å². The molecule has 2 atom stereocenters. The number of aromatic nitrogens is 1. The second kappa shape index (κ2) is 8.56. The average molecular weight is 426 g/mol. The number of rotatable bonds is 6. The summed E-state index contributed by atoms with van der Waals surface area (Å²) in [5.74, 6) is 1.69. The van der Waals surface area contributed by atoms with Gasteiger partial charge in [-0.3, -0.25) is 4.98 Å². The van der Waals surface area contributed by atoms with Crippen molar-refractivity contribution in [2.45, 2.75) is 38.8 Å². The third-order valence-electron chi connectivity index (χ3n) is 5.33. The molecule has 6 heteroatoms. The van der Waals surface area contributed by atoms with E-state index in [-0.39, 0.29) is 12.1 Å². The molecule has 3 heterocycles. The Balaban J connectivity index is 1.73. The molecule has 2 aromatic heterocycles. The summed E-state index contributed by atoms with van der Waals surface area (Å²) in [5.41, 5.74) is 3.09. The summed E-state index contributed by atoms with van der Waals surface area (Å²) < 4.78 is 6.37. The molecule has 0 amide bonds. The van der Waals surface area contributed by atoms with E-state index in [2.05, 4.69) is 29.0 Å². The van der Waals surface area contributed by atoms with Crippen molar-refractivity contribution in [3.8, 4) is 11.3 Å². The third-order valence-corrected chi connectivity index (χ3v) is 5.92. The van der Waals surface area contributed by atoms with E-state index >= 15 is 0 Å². The van der Waals surface area contributed by atoms with Gasteiger partial charge in [-0.25, -0.2) is 0 Å². The Labute approximate surface area is 181 Å². The van der Waals surface area contributed by atoms with E-state index in [4.69, 9.17) is 28.2 Å². The fraction of sp³-hybridized carbons (Fsp3) is 0.304. The zero-order valence-electron chi connectivity index (χ0n) is 16.6. The highest BCUT2D eigenvalue weighted by molar-refractivity contribution is 7.80. The molecule has 1 saturated heterocycles. The van der Waals surface area contributed by atoms with Crippen molar-refractivity contribution in [2.75, 3.05) is 6.54 Å². The van der Waals surface area contributed by atoms with Crippen molar-refractivity contribution < 1.29 is 4.42 Å². The lowest BCUT2D eigenvalue weighted by Gasteiger charge is -2.25. The van der Waals surface area contributed by atoms with Crippen molar-refractivity contribution in [1.82, 2.24) is 15.2 Å². The van der Waals surface area contributed by atoms with Gasteiger partial charge in [0.1, 0.15) is 17.6 Å². The van der Waals surface area contributed by atoms with E-state index < -0.39 is 0 Å². The lowest BCUT2D eigenvalue weighted by molar-refractivity contribution is 0.271. The van der Waals surface area contributed by atoms with E-state index in [9.17, 15) is 0 Å². The van der Waals surface area contributed by atoms with E-state index in [0.29, 0.717) is 5.02 Å². The first-order valence-electron chi connectivity index (χ1n) is 9.93. The van der Waals surface area contributed by atoms with Crippen LogP contribution in [0.1, 0.15) is 48.9 Å². The Bertz CT molecular complexity index is 1000. The molecular formula is C23H24ClN3OS. The number of thiocarbonyl (C=S) groups is 1. The molecule has 1 aromatic carbocycles. The highest BCUT2D eigenvalue weighted by atomic mass is 35.5. The van der Waals surface area contributed by atoms with Crippen LogP contribution in [0.15, 0.2) is 59.1 Å². The number of furan rings is 1. The van der Waals surface area contributed by atoms with Gasteiger partial charge in [-0.1, -0.05) is 37.1 Å². The fourth-order valence-electron chi connectivity index (χ4n) is 3.80. The van der Waals surface area contributed by atoms with Gasteiger partial charge in [0.05, 0.1) is 11.7 Å². The predicted molar refractivity (Wildman–Crippen MR) is 121 cm³/mol. The number of nitrogens with one attached hydrogen (secondary N) is 1. The van der Waals surface area contributed by atoms with Crippen molar-refractivity contribution in [2.24, 2.45) is 0 Å². The second-order valence-electron chi connectivity index (χ2n) is 7.33. The number of nitrogens with zero attached hydrogens (tertiary/aromatic N) is 2. The maximum absolute atomic E-state index is 6.37. The summed E-state index contributed by atoms with van der Waals surface area (Å²) in [5, 5.41) is 4.90. The van der Waals surface area contributed by atoms with Crippen LogP contribution < -0.4 is 5.32 Å². The van der Waals surface area contributed by atoms with Crippen LogP contribution in [-0.4, -0.2) is 21.5 Å². The van der Waals surface area contributed by atoms with Gasteiger partial charge in [-0.15, -0.1) is 0 Å². The third kappa shape index (κ3) is 4.02. The van der Waals surface area contributed by atoms with E-state index in [1.807, 2.05) is 54.7 Å². The van der Waals surface area contributed by atoms with Gasteiger partial charge in [-0.2, -0.15) is 0 Å². The Morgan fingerprint density at radius 1 is 1.21 bits per heavy atom. The standard InChI is InChI=1S/C23H24ClN3OS/c1-3-4-13-27-22(21(26-23(27)29)18-7-5-6-12-25-18)20-11-10-19(28-20)17-14-16(24)9-8-15(17)2/h5-12,14,21-22H,3-4,13H2,1-2H3,(H,26,29)/t21-,22+/m1/s1. The average Bonchev–Trinajstić information content (AvgIpc) is 3.33. The zero-order valence-corrected chi connectivity index (χ0v) is 18.1. The lowest BCUT2D eigenvalue weighted by Crippen LogP contribution is -2.30. The van der Waals surface area contributed by atoms with Crippen LogP contribution in [0.5, 0.6) is 0 Å². The summed E-state index contributed by atoms with van der Waals surface area (Å²) in [7, 11) is 0. The number of hydrogen-bond acceptors (Lipinski definition) is 3. The Morgan fingerprint density at radius 3 is 2.83 bits per heavy atom. The molecule has 1 aliphatic heterocycles. The summed E-state index contributed by atoms with van der Waals surface area (Å²) in [4.78, 5) is 6.80. The normalized spacial score (nSPS) is 18.9. The van der Waals surface area contributed by atoms with Gasteiger partial charge in [0, 0.05) is 23.3 Å². The summed E-state index contributed by atoms with van der Waals surface area (Å²) in [6.45, 7) is 5.12. The summed E-state index contributed by atoms with van der Waals surface area (Å²) >= 11 is 11.9. The second-order valence-corrected chi connectivity index (χ2v) is 8.16. The van der Waals surface area contributed by atoms with Crippen molar-refractivity contribution in [1.29, 1.82) is 0 Å². The zero-order chi connectivity index (χ0) is 20.4. The molecule has 29 heavy (non-hydrogen) atoms. The largest absolute Gasteiger partial charge is 0.459 e. The smallest absolute Gasteiger partial charge is 0.170 e. The summed E-state index contributed by atoms with van der Waals surface area (Å²) in [6, 6.07) is 15.8. The minimum Gasteiger partial charge on any atom is -0.459 e. The molecule has 0 unspecified atom stereocenters. The van der Waals surface area contributed by atoms with Crippen LogP contribution in [0.4, 0.5) is 0 Å². The Kier molecular flexibility index (Phi) is 5.88. The molecule has 1 aliphatic rings. The molecule has 1 fully saturated rings. The molecule has 150 valence electrons. The van der Waals surface area contributed by atoms with Gasteiger partial charge in [0.2, 0.25) is 0 Å². The molecule has 1 N–H and O–H groups in total. The highest BCUT2D eigenvalue weighted by Crippen LogP contribution is 2.41. The minimum absolute atomic E-state index is 0.0443. The molecule has 0 bridgehead atoms. The molecule has 4 rings (SSSR count). The number of benzene rings is 1. The number of halogens is 1. The predicted octanol–water partition coefficient (Wildman–Crippen LogP) is 6.08. The molecule has 0 saturated carbocycles. The van der Waals surface area contributed by atoms with E-state index in [1.54, 1.807) is 0 Å². The Morgan fingerprint density at radius 2 is 2.07 bits per heavy atom. The van der Waals surface area contributed by atoms with Crippen LogP contribution in [0.25, 0.3) is 11.3 Å². The number of pyridine rings is 1. The molecule has 3 aromatic rings. The lowest BCUT2D eigenvalue weighted by atomic mass is 10.0. The fourth-order valence-corrected chi connectivity index (χ4v) is 4.30.